The SMILES string of the molecule is COc1ccc(/C=C2\Sc3nncn3N=C2c2cc(F)c(Cl)cc2Cl)cc1OC. The van der Waals surface area contributed by atoms with Gasteiger partial charge in [0, 0.05) is 10.5 Å². The van der Waals surface area contributed by atoms with Crippen LogP contribution >= 0.6 is 35.0 Å². The molecule has 0 radical (unpaired) electrons. The number of thioether (sulfide) groups is 1. The fraction of sp³-hybridized carbons (Fsp3) is 0.105. The lowest BCUT2D eigenvalue weighted by molar-refractivity contribution is 0.355. The van der Waals surface area contributed by atoms with E-state index in [4.69, 9.17) is 32.7 Å². The summed E-state index contributed by atoms with van der Waals surface area (Å²) in [6.07, 6.45) is 3.35. The minimum Gasteiger partial charge on any atom is -0.493 e. The Balaban J connectivity index is 1.86. The Kier molecular flexibility index (Phi) is 5.49. The molecule has 0 bridgehead atoms. The summed E-state index contributed by atoms with van der Waals surface area (Å²) < 4.78 is 26.3. The third kappa shape index (κ3) is 3.83. The molecule has 0 spiro atoms. The third-order valence-corrected chi connectivity index (χ3v) is 5.70. The molecular weight excluding hydrogens is 438 g/mol. The van der Waals surface area contributed by atoms with Crippen LogP contribution in [0.2, 0.25) is 10.0 Å². The second-order valence-corrected chi connectivity index (χ2v) is 7.70. The highest BCUT2D eigenvalue weighted by molar-refractivity contribution is 8.04. The standard InChI is InChI=1S/C19H13Cl2FN4O2S/c1-27-15-4-3-10(5-16(15)28-2)6-17-18(25-26-9-23-24-19(26)29-17)11-7-14(22)13(21)8-12(11)20/h3-9H,1-2H3/b17-6-. The van der Waals surface area contributed by atoms with Crippen molar-refractivity contribution in [3.8, 4) is 11.5 Å². The minimum atomic E-state index is -0.584. The molecule has 4 rings (SSSR count). The van der Waals surface area contributed by atoms with Crippen molar-refractivity contribution in [1.29, 1.82) is 0 Å². The van der Waals surface area contributed by atoms with Gasteiger partial charge in [-0.1, -0.05) is 29.3 Å². The summed E-state index contributed by atoms with van der Waals surface area (Å²) in [5, 5.41) is 13.2. The van der Waals surface area contributed by atoms with E-state index < -0.39 is 5.82 Å². The minimum absolute atomic E-state index is 0.0572. The number of rotatable bonds is 4. The molecule has 0 atom stereocenters. The molecule has 0 saturated carbocycles. The highest BCUT2D eigenvalue weighted by Crippen LogP contribution is 2.37. The van der Waals surface area contributed by atoms with Gasteiger partial charge < -0.3 is 9.47 Å². The summed E-state index contributed by atoms with van der Waals surface area (Å²) in [4.78, 5) is 0.710. The van der Waals surface area contributed by atoms with Gasteiger partial charge in [0.2, 0.25) is 5.16 Å². The zero-order valence-corrected chi connectivity index (χ0v) is 17.5. The summed E-state index contributed by atoms with van der Waals surface area (Å²) in [7, 11) is 3.14. The van der Waals surface area contributed by atoms with Gasteiger partial charge in [-0.3, -0.25) is 0 Å². The Hall–Kier alpha value is -2.55. The van der Waals surface area contributed by atoms with E-state index in [-0.39, 0.29) is 10.0 Å². The van der Waals surface area contributed by atoms with Crippen LogP contribution in [0.15, 0.2) is 51.8 Å². The molecule has 2 aromatic carbocycles. The summed E-state index contributed by atoms with van der Waals surface area (Å²) in [6.45, 7) is 0. The third-order valence-electron chi connectivity index (χ3n) is 4.11. The molecule has 2 heterocycles. The Morgan fingerprint density at radius 2 is 1.86 bits per heavy atom. The highest BCUT2D eigenvalue weighted by atomic mass is 35.5. The van der Waals surface area contributed by atoms with Crippen LogP contribution in [0.3, 0.4) is 0 Å². The van der Waals surface area contributed by atoms with E-state index in [1.165, 1.54) is 34.9 Å². The van der Waals surface area contributed by atoms with Gasteiger partial charge in [-0.05, 0) is 47.7 Å². The quantitative estimate of drug-likeness (QED) is 0.514. The fourth-order valence-electron chi connectivity index (χ4n) is 2.74. The van der Waals surface area contributed by atoms with Crippen molar-refractivity contribution >= 4 is 46.8 Å². The molecule has 0 N–H and O–H groups in total. The van der Waals surface area contributed by atoms with Crippen molar-refractivity contribution in [3.05, 3.63) is 68.6 Å². The van der Waals surface area contributed by atoms with Crippen molar-refractivity contribution in [1.82, 2.24) is 14.9 Å². The second-order valence-electron chi connectivity index (χ2n) is 5.88. The van der Waals surface area contributed by atoms with Crippen LogP contribution in [-0.4, -0.2) is 34.8 Å². The predicted octanol–water partition coefficient (Wildman–Crippen LogP) is 5.14. The van der Waals surface area contributed by atoms with Gasteiger partial charge in [0.05, 0.1) is 24.3 Å². The number of nitrogens with zero attached hydrogens (tertiary/aromatic N) is 4. The van der Waals surface area contributed by atoms with Gasteiger partial charge in [0.25, 0.3) is 0 Å². The van der Waals surface area contributed by atoms with Crippen molar-refractivity contribution in [2.45, 2.75) is 5.16 Å². The van der Waals surface area contributed by atoms with Crippen LogP contribution in [0.4, 0.5) is 4.39 Å². The zero-order valence-electron chi connectivity index (χ0n) is 15.2. The summed E-state index contributed by atoms with van der Waals surface area (Å²) >= 11 is 13.5. The number of allylic oxidation sites excluding steroid dienone is 1. The van der Waals surface area contributed by atoms with E-state index in [0.29, 0.717) is 32.8 Å². The topological polar surface area (TPSA) is 61.5 Å². The van der Waals surface area contributed by atoms with E-state index in [0.717, 1.165) is 5.56 Å². The lowest BCUT2D eigenvalue weighted by Crippen LogP contribution is -2.12. The van der Waals surface area contributed by atoms with Crippen molar-refractivity contribution < 1.29 is 13.9 Å². The van der Waals surface area contributed by atoms with Crippen molar-refractivity contribution in [2.75, 3.05) is 14.2 Å². The lowest BCUT2D eigenvalue weighted by atomic mass is 10.1. The van der Waals surface area contributed by atoms with Crippen LogP contribution in [0.25, 0.3) is 6.08 Å². The van der Waals surface area contributed by atoms with E-state index in [1.807, 2.05) is 18.2 Å². The zero-order chi connectivity index (χ0) is 20.5. The molecule has 3 aromatic rings. The van der Waals surface area contributed by atoms with Crippen molar-refractivity contribution in [3.63, 3.8) is 0 Å². The molecule has 29 heavy (non-hydrogen) atoms. The number of hydrogen-bond donors (Lipinski definition) is 0. The van der Waals surface area contributed by atoms with E-state index in [9.17, 15) is 4.39 Å². The molecule has 0 saturated heterocycles. The Labute approximate surface area is 179 Å². The average molecular weight is 451 g/mol. The first kappa shape index (κ1) is 19.8. The second kappa shape index (κ2) is 8.06. The number of halogens is 3. The summed E-state index contributed by atoms with van der Waals surface area (Å²) in [5.41, 5.74) is 1.71. The Morgan fingerprint density at radius 3 is 2.62 bits per heavy atom. The Bertz CT molecular complexity index is 1160. The van der Waals surface area contributed by atoms with Gasteiger partial charge in [-0.25, -0.2) is 4.39 Å². The largest absolute Gasteiger partial charge is 0.493 e. The Morgan fingerprint density at radius 1 is 1.07 bits per heavy atom. The molecule has 1 aromatic heterocycles. The molecule has 0 fully saturated rings. The van der Waals surface area contributed by atoms with Gasteiger partial charge in [0.1, 0.15) is 17.9 Å². The van der Waals surface area contributed by atoms with Crippen LogP contribution in [0, 0.1) is 5.82 Å². The van der Waals surface area contributed by atoms with Crippen LogP contribution in [0.5, 0.6) is 11.5 Å². The highest BCUT2D eigenvalue weighted by Gasteiger charge is 2.24. The number of methoxy groups -OCH3 is 2. The molecular formula is C19H13Cl2FN4O2S. The first-order valence-corrected chi connectivity index (χ1v) is 9.83. The first-order valence-electron chi connectivity index (χ1n) is 8.26. The maximum Gasteiger partial charge on any atom is 0.216 e. The molecule has 6 nitrogen and oxygen atoms in total. The maximum atomic E-state index is 14.2. The average Bonchev–Trinajstić information content (AvgIpc) is 3.17. The summed E-state index contributed by atoms with van der Waals surface area (Å²) in [6, 6.07) is 8.12. The maximum absolute atomic E-state index is 14.2. The van der Waals surface area contributed by atoms with E-state index in [2.05, 4.69) is 15.3 Å². The van der Waals surface area contributed by atoms with Gasteiger partial charge in [-0.15, -0.1) is 10.2 Å². The summed E-state index contributed by atoms with van der Waals surface area (Å²) in [5.74, 6) is 0.612. The number of ether oxygens (including phenoxy) is 2. The smallest absolute Gasteiger partial charge is 0.216 e. The molecule has 0 unspecified atom stereocenters. The molecule has 148 valence electrons. The number of aromatic nitrogens is 3. The molecule has 1 aliphatic rings. The van der Waals surface area contributed by atoms with E-state index in [1.54, 1.807) is 20.3 Å². The van der Waals surface area contributed by atoms with Gasteiger partial charge in [0.15, 0.2) is 11.5 Å². The van der Waals surface area contributed by atoms with Crippen LogP contribution < -0.4 is 9.47 Å². The first-order chi connectivity index (χ1) is 14.0. The molecule has 10 heteroatoms. The molecule has 0 aliphatic carbocycles. The number of hydrogen-bond acceptors (Lipinski definition) is 6. The van der Waals surface area contributed by atoms with Crippen molar-refractivity contribution in [2.24, 2.45) is 5.10 Å². The normalized spacial score (nSPS) is 14.5. The molecule has 0 amide bonds. The number of fused-ring (bicyclic) bond motifs is 1. The van der Waals surface area contributed by atoms with Crippen LogP contribution in [-0.2, 0) is 0 Å². The van der Waals surface area contributed by atoms with Gasteiger partial charge in [-0.2, -0.15) is 9.78 Å². The lowest BCUT2D eigenvalue weighted by Gasteiger charge is -2.17. The van der Waals surface area contributed by atoms with E-state index >= 15 is 0 Å². The predicted molar refractivity (Wildman–Crippen MR) is 112 cm³/mol. The fourth-order valence-corrected chi connectivity index (χ4v) is 4.12. The monoisotopic (exact) mass is 450 g/mol. The van der Waals surface area contributed by atoms with Crippen LogP contribution in [0.1, 0.15) is 11.1 Å². The molecule has 1 aliphatic heterocycles. The van der Waals surface area contributed by atoms with Gasteiger partial charge >= 0.3 is 0 Å². The number of benzene rings is 2.